The van der Waals surface area contributed by atoms with Gasteiger partial charge in [0.25, 0.3) is 0 Å². The second-order valence-electron chi connectivity index (χ2n) is 11.3. The zero-order valence-electron chi connectivity index (χ0n) is 27.1. The number of methoxy groups -OCH3 is 1. The van der Waals surface area contributed by atoms with Gasteiger partial charge in [-0.1, -0.05) is 81.5 Å². The molecular weight excluding hydrogens is 661 g/mol. The number of carbonyl (C=O) groups is 1. The lowest BCUT2D eigenvalue weighted by molar-refractivity contribution is 0.103. The SMILES string of the molecule is CCCCCOP(=O)(OCCCCC)C1(NS(=O)(=O)c2ccc(OC)cc2)C=C(S(=O)(=O)c2ccc(C)cc2)C(=O)c2ccccc21. The van der Waals surface area contributed by atoms with Gasteiger partial charge >= 0.3 is 7.60 Å². The molecule has 4 rings (SSSR count). The highest BCUT2D eigenvalue weighted by molar-refractivity contribution is 7.96. The highest BCUT2D eigenvalue weighted by Crippen LogP contribution is 2.67. The lowest BCUT2D eigenvalue weighted by atomic mass is 9.92. The van der Waals surface area contributed by atoms with Gasteiger partial charge in [0.15, 0.2) is 5.28 Å². The van der Waals surface area contributed by atoms with E-state index in [1.807, 2.05) is 13.8 Å². The predicted molar refractivity (Wildman–Crippen MR) is 181 cm³/mol. The van der Waals surface area contributed by atoms with Crippen LogP contribution in [0.25, 0.3) is 0 Å². The van der Waals surface area contributed by atoms with E-state index in [1.165, 1.54) is 61.7 Å². The van der Waals surface area contributed by atoms with Gasteiger partial charge in [0.05, 0.1) is 30.1 Å². The molecule has 0 aromatic heterocycles. The number of Topliss-reactive ketones (excluding diaryl/α,β-unsaturated/α-hetero) is 1. The lowest BCUT2D eigenvalue weighted by Gasteiger charge is -2.40. The number of fused-ring (bicyclic) bond motifs is 1. The minimum absolute atomic E-state index is 0.0424. The number of benzene rings is 3. The molecule has 1 N–H and O–H groups in total. The molecule has 0 amide bonds. The minimum atomic E-state index is -4.71. The zero-order chi connectivity index (χ0) is 34.3. The summed E-state index contributed by atoms with van der Waals surface area (Å²) < 4.78 is 92.1. The van der Waals surface area contributed by atoms with E-state index in [1.54, 1.807) is 25.1 Å². The van der Waals surface area contributed by atoms with Gasteiger partial charge in [-0.05, 0) is 62.2 Å². The van der Waals surface area contributed by atoms with Gasteiger partial charge in [-0.2, -0.15) is 4.72 Å². The van der Waals surface area contributed by atoms with Gasteiger partial charge in [0.2, 0.25) is 25.6 Å². The Kier molecular flexibility index (Phi) is 12.0. The molecule has 10 nitrogen and oxygen atoms in total. The van der Waals surface area contributed by atoms with Crippen LogP contribution in [-0.2, 0) is 38.8 Å². The van der Waals surface area contributed by atoms with Gasteiger partial charge in [-0.25, -0.2) is 16.8 Å². The molecule has 0 bridgehead atoms. The number of sulfonamides is 1. The molecule has 0 spiro atoms. The van der Waals surface area contributed by atoms with E-state index < -0.39 is 43.4 Å². The number of allylic oxidation sites excluding steroid dienone is 1. The van der Waals surface area contributed by atoms with Crippen LogP contribution in [0.4, 0.5) is 0 Å². The van der Waals surface area contributed by atoms with Crippen molar-refractivity contribution >= 4 is 33.2 Å². The first-order valence-electron chi connectivity index (χ1n) is 15.6. The third kappa shape index (κ3) is 7.80. The van der Waals surface area contributed by atoms with Gasteiger partial charge in [-0.3, -0.25) is 9.36 Å². The van der Waals surface area contributed by atoms with E-state index in [0.29, 0.717) is 18.6 Å². The van der Waals surface area contributed by atoms with Crippen LogP contribution in [0.1, 0.15) is 73.9 Å². The van der Waals surface area contributed by atoms with Gasteiger partial charge in [-0.15, -0.1) is 0 Å². The summed E-state index contributed by atoms with van der Waals surface area (Å²) >= 11 is 0. The first-order chi connectivity index (χ1) is 22.3. The first kappa shape index (κ1) is 36.7. The Morgan fingerprint density at radius 2 is 1.32 bits per heavy atom. The van der Waals surface area contributed by atoms with E-state index in [2.05, 4.69) is 4.72 Å². The average Bonchev–Trinajstić information content (AvgIpc) is 3.06. The summed E-state index contributed by atoms with van der Waals surface area (Å²) in [6.45, 7) is 5.64. The van der Waals surface area contributed by atoms with Gasteiger partial charge in [0, 0.05) is 11.1 Å². The van der Waals surface area contributed by atoms with Gasteiger partial charge in [0.1, 0.15) is 10.7 Å². The molecule has 0 radical (unpaired) electrons. The largest absolute Gasteiger partial charge is 0.497 e. The molecule has 0 fully saturated rings. The van der Waals surface area contributed by atoms with Crippen molar-refractivity contribution in [2.45, 2.75) is 74.4 Å². The number of ether oxygens (including phenoxy) is 1. The van der Waals surface area contributed by atoms with Crippen LogP contribution in [-0.4, -0.2) is 42.9 Å². The van der Waals surface area contributed by atoms with Crippen molar-refractivity contribution in [2.75, 3.05) is 20.3 Å². The number of aryl methyl sites for hydroxylation is 1. The normalized spacial score (nSPS) is 16.9. The van der Waals surface area contributed by atoms with E-state index in [0.717, 1.165) is 37.3 Å². The summed E-state index contributed by atoms with van der Waals surface area (Å²) in [4.78, 5) is 12.9. The third-order valence-electron chi connectivity index (χ3n) is 7.88. The fourth-order valence-corrected chi connectivity index (χ4v) is 10.7. The van der Waals surface area contributed by atoms with Crippen molar-refractivity contribution in [3.8, 4) is 5.75 Å². The Labute approximate surface area is 278 Å². The molecule has 0 saturated heterocycles. The molecule has 47 heavy (non-hydrogen) atoms. The summed E-state index contributed by atoms with van der Waals surface area (Å²) in [6, 6.07) is 17.3. The number of hydrogen-bond donors (Lipinski definition) is 1. The highest BCUT2D eigenvalue weighted by atomic mass is 32.2. The van der Waals surface area contributed by atoms with Crippen molar-refractivity contribution in [3.63, 3.8) is 0 Å². The standard InChI is InChI=1S/C34H42NO9PS2/c1-5-7-11-23-43-45(37,44-24-12-8-6-2)34(35-47(40,41)29-21-17-27(42-4)18-22-29)25-32(33(36)30-13-9-10-14-31(30)34)46(38,39)28-19-15-26(3)16-20-28/h9-10,13-22,25,35H,5-8,11-12,23-24H2,1-4H3. The summed E-state index contributed by atoms with van der Waals surface area (Å²) in [5.74, 6) is -0.466. The molecule has 0 saturated carbocycles. The Hall–Kier alpha value is -3.12. The average molecular weight is 704 g/mol. The van der Waals surface area contributed by atoms with Crippen LogP contribution in [0.5, 0.6) is 5.75 Å². The third-order valence-corrected chi connectivity index (χ3v) is 13.7. The predicted octanol–water partition coefficient (Wildman–Crippen LogP) is 7.30. The molecule has 1 unspecified atom stereocenters. The maximum atomic E-state index is 15.4. The molecule has 0 aliphatic heterocycles. The van der Waals surface area contributed by atoms with E-state index in [-0.39, 0.29) is 34.1 Å². The summed E-state index contributed by atoms with van der Waals surface area (Å²) in [5.41, 5.74) is 0.609. The Bertz CT molecular complexity index is 1840. The first-order valence-corrected chi connectivity index (χ1v) is 20.1. The maximum absolute atomic E-state index is 15.4. The van der Waals surface area contributed by atoms with E-state index in [9.17, 15) is 21.6 Å². The van der Waals surface area contributed by atoms with E-state index >= 15 is 4.57 Å². The van der Waals surface area contributed by atoms with E-state index in [4.69, 9.17) is 13.8 Å². The molecule has 254 valence electrons. The highest BCUT2D eigenvalue weighted by Gasteiger charge is 2.58. The zero-order valence-corrected chi connectivity index (χ0v) is 29.6. The van der Waals surface area contributed by atoms with Crippen LogP contribution < -0.4 is 9.46 Å². The maximum Gasteiger partial charge on any atom is 0.360 e. The fraction of sp³-hybridized carbons (Fsp3) is 0.382. The fourth-order valence-electron chi connectivity index (χ4n) is 5.22. The molecular formula is C34H42NO9PS2. The van der Waals surface area contributed by atoms with Crippen molar-refractivity contribution in [3.05, 3.63) is 100 Å². The minimum Gasteiger partial charge on any atom is -0.497 e. The van der Waals surface area contributed by atoms with Crippen LogP contribution >= 0.6 is 7.60 Å². The number of ketones is 1. The molecule has 0 heterocycles. The monoisotopic (exact) mass is 703 g/mol. The van der Waals surface area contributed by atoms with Crippen molar-refractivity contribution in [1.29, 1.82) is 0 Å². The quantitative estimate of drug-likeness (QED) is 0.113. The molecule has 1 aliphatic rings. The van der Waals surface area contributed by atoms with Crippen LogP contribution in [0.3, 0.4) is 0 Å². The number of hydrogen-bond acceptors (Lipinski definition) is 9. The number of sulfone groups is 1. The molecule has 3 aromatic rings. The number of nitrogens with one attached hydrogen (secondary N) is 1. The lowest BCUT2D eigenvalue weighted by Crippen LogP contribution is -2.48. The molecule has 1 aliphatic carbocycles. The molecule has 13 heteroatoms. The van der Waals surface area contributed by atoms with Crippen LogP contribution in [0.2, 0.25) is 0 Å². The van der Waals surface area contributed by atoms with Crippen LogP contribution in [0.15, 0.2) is 93.6 Å². The summed E-state index contributed by atoms with van der Waals surface area (Å²) in [7, 11) is -12.4. The molecule has 3 aromatic carbocycles. The van der Waals surface area contributed by atoms with Crippen molar-refractivity contribution in [2.24, 2.45) is 0 Å². The Morgan fingerprint density at radius 3 is 1.87 bits per heavy atom. The smallest absolute Gasteiger partial charge is 0.360 e. The van der Waals surface area contributed by atoms with Gasteiger partial charge < -0.3 is 13.8 Å². The number of carbonyl (C=O) groups excluding carboxylic acids is 1. The van der Waals surface area contributed by atoms with Crippen LogP contribution in [0, 0.1) is 6.92 Å². The summed E-state index contributed by atoms with van der Waals surface area (Å²) in [6.07, 6.45) is 5.02. The Morgan fingerprint density at radius 1 is 0.766 bits per heavy atom. The van der Waals surface area contributed by atoms with Crippen molar-refractivity contribution in [1.82, 2.24) is 4.72 Å². The second-order valence-corrected chi connectivity index (χ2v) is 17.1. The Balaban J connectivity index is 2.04. The van der Waals surface area contributed by atoms with Crippen molar-refractivity contribution < 1.29 is 40.0 Å². The molecule has 1 atom stereocenters. The number of rotatable bonds is 17. The number of unbranched alkanes of at least 4 members (excludes halogenated alkanes) is 4. The second kappa shape index (κ2) is 15.4. The summed E-state index contributed by atoms with van der Waals surface area (Å²) in [5, 5.41) is -2.44. The topological polar surface area (TPSA) is 142 Å².